The molecule has 21 heavy (non-hydrogen) atoms. The fourth-order valence-corrected chi connectivity index (χ4v) is 1.49. The van der Waals surface area contributed by atoms with Gasteiger partial charge in [-0.15, -0.1) is 6.58 Å². The molecule has 0 aliphatic heterocycles. The van der Waals surface area contributed by atoms with E-state index < -0.39 is 17.5 Å². The second kappa shape index (κ2) is 6.56. The Morgan fingerprint density at radius 1 is 1.29 bits per heavy atom. The Hall–Kier alpha value is -2.83. The quantitative estimate of drug-likeness (QED) is 0.831. The number of halogens is 2. The highest BCUT2D eigenvalue weighted by atomic mass is 19.1. The molecule has 2 rings (SSSR count). The van der Waals surface area contributed by atoms with E-state index in [1.807, 2.05) is 0 Å². The molecule has 2 aromatic rings. The molecule has 1 aromatic carbocycles. The Morgan fingerprint density at radius 3 is 2.62 bits per heavy atom. The highest BCUT2D eigenvalue weighted by Crippen LogP contribution is 2.15. The number of rotatable bonds is 5. The first-order chi connectivity index (χ1) is 10.1. The number of benzene rings is 1. The zero-order chi connectivity index (χ0) is 15.2. The van der Waals surface area contributed by atoms with Crippen LogP contribution in [0.3, 0.4) is 0 Å². The van der Waals surface area contributed by atoms with E-state index in [0.29, 0.717) is 18.6 Å². The average molecular weight is 290 g/mol. The molecule has 0 fully saturated rings. The molecule has 0 atom stereocenters. The number of aromatic nitrogens is 2. The highest BCUT2D eigenvalue weighted by molar-refractivity contribution is 6.03. The molecular weight excluding hydrogens is 278 g/mol. The first-order valence-corrected chi connectivity index (χ1v) is 6.03. The van der Waals surface area contributed by atoms with E-state index in [1.54, 1.807) is 6.08 Å². The van der Waals surface area contributed by atoms with Gasteiger partial charge in [-0.05, 0) is 12.1 Å². The van der Waals surface area contributed by atoms with E-state index in [9.17, 15) is 13.6 Å². The zero-order valence-corrected chi connectivity index (χ0v) is 10.9. The second-order valence-corrected chi connectivity index (χ2v) is 4.04. The minimum Gasteiger partial charge on any atom is -0.351 e. The van der Waals surface area contributed by atoms with Crippen molar-refractivity contribution in [1.29, 1.82) is 0 Å². The lowest BCUT2D eigenvalue weighted by Gasteiger charge is -2.06. The maximum Gasteiger partial charge on any atom is 0.258 e. The summed E-state index contributed by atoms with van der Waals surface area (Å²) in [6.07, 6.45) is 4.24. The summed E-state index contributed by atoms with van der Waals surface area (Å²) in [6.45, 7) is 4.03. The van der Waals surface area contributed by atoms with Crippen molar-refractivity contribution in [2.75, 3.05) is 17.2 Å². The molecule has 0 saturated heterocycles. The highest BCUT2D eigenvalue weighted by Gasteiger charge is 2.11. The van der Waals surface area contributed by atoms with Gasteiger partial charge in [-0.3, -0.25) is 4.79 Å². The van der Waals surface area contributed by atoms with Crippen molar-refractivity contribution in [3.8, 4) is 0 Å². The van der Waals surface area contributed by atoms with Crippen molar-refractivity contribution >= 4 is 17.5 Å². The van der Waals surface area contributed by atoms with Crippen LogP contribution in [0.5, 0.6) is 0 Å². The molecule has 1 amide bonds. The summed E-state index contributed by atoms with van der Waals surface area (Å²) in [5.74, 6) is -1.81. The minimum absolute atomic E-state index is 0.116. The predicted octanol–water partition coefficient (Wildman–Crippen LogP) is 2.61. The second-order valence-electron chi connectivity index (χ2n) is 4.04. The number of carbonyl (C=O) groups is 1. The lowest BCUT2D eigenvalue weighted by Crippen LogP contribution is -2.14. The molecule has 5 nitrogen and oxygen atoms in total. The number of hydrogen-bond acceptors (Lipinski definition) is 4. The van der Waals surface area contributed by atoms with E-state index in [1.165, 1.54) is 12.4 Å². The van der Waals surface area contributed by atoms with Gasteiger partial charge in [-0.2, -0.15) is 0 Å². The average Bonchev–Trinajstić information content (AvgIpc) is 2.48. The smallest absolute Gasteiger partial charge is 0.258 e. The molecule has 0 saturated carbocycles. The number of nitrogens with one attached hydrogen (secondary N) is 2. The number of anilines is 2. The number of hydrogen-bond donors (Lipinski definition) is 2. The Balaban J connectivity index is 2.07. The third kappa shape index (κ3) is 3.82. The molecule has 0 bridgehead atoms. The van der Waals surface area contributed by atoms with Crippen LogP contribution >= 0.6 is 0 Å². The van der Waals surface area contributed by atoms with Gasteiger partial charge >= 0.3 is 0 Å². The van der Waals surface area contributed by atoms with Crippen LogP contribution in [0.25, 0.3) is 0 Å². The largest absolute Gasteiger partial charge is 0.351 e. The van der Waals surface area contributed by atoms with Gasteiger partial charge in [0.2, 0.25) is 5.95 Å². The third-order valence-corrected chi connectivity index (χ3v) is 2.50. The lowest BCUT2D eigenvalue weighted by molar-refractivity contribution is 0.102. The summed E-state index contributed by atoms with van der Waals surface area (Å²) in [5.41, 5.74) is 0.0399. The number of nitrogens with zero attached hydrogens (tertiary/aromatic N) is 2. The van der Waals surface area contributed by atoms with Gasteiger partial charge in [0.05, 0.1) is 11.3 Å². The molecule has 0 radical (unpaired) electrons. The molecule has 2 N–H and O–H groups in total. The van der Waals surface area contributed by atoms with Gasteiger partial charge < -0.3 is 10.6 Å². The fourth-order valence-electron chi connectivity index (χ4n) is 1.49. The van der Waals surface area contributed by atoms with Crippen LogP contribution in [0.1, 0.15) is 10.4 Å². The maximum absolute atomic E-state index is 13.4. The van der Waals surface area contributed by atoms with Crippen molar-refractivity contribution in [3.05, 3.63) is 60.4 Å². The van der Waals surface area contributed by atoms with E-state index in [2.05, 4.69) is 27.2 Å². The summed E-state index contributed by atoms with van der Waals surface area (Å²) < 4.78 is 26.2. The van der Waals surface area contributed by atoms with Crippen LogP contribution in [-0.2, 0) is 0 Å². The van der Waals surface area contributed by atoms with Crippen molar-refractivity contribution in [2.45, 2.75) is 0 Å². The SMILES string of the molecule is C=CCNc1ncc(C(=O)Nc2ccc(F)cc2F)cn1. The van der Waals surface area contributed by atoms with Gasteiger partial charge in [0.25, 0.3) is 5.91 Å². The van der Waals surface area contributed by atoms with Crippen LogP contribution in [0.4, 0.5) is 20.4 Å². The van der Waals surface area contributed by atoms with Gasteiger partial charge in [0.15, 0.2) is 0 Å². The molecule has 7 heteroatoms. The third-order valence-electron chi connectivity index (χ3n) is 2.50. The fraction of sp³-hybridized carbons (Fsp3) is 0.0714. The summed E-state index contributed by atoms with van der Waals surface area (Å²) in [7, 11) is 0. The standard InChI is InChI=1S/C14H12F2N4O/c1-2-5-17-14-18-7-9(8-19-14)13(21)20-12-4-3-10(15)6-11(12)16/h2-4,6-8H,1,5H2,(H,20,21)(H,17,18,19). The first-order valence-electron chi connectivity index (χ1n) is 6.03. The predicted molar refractivity (Wildman–Crippen MR) is 75.0 cm³/mol. The van der Waals surface area contributed by atoms with E-state index in [0.717, 1.165) is 12.1 Å². The molecule has 1 aromatic heterocycles. The van der Waals surface area contributed by atoms with Crippen molar-refractivity contribution in [1.82, 2.24) is 9.97 Å². The Kier molecular flexibility index (Phi) is 4.55. The van der Waals surface area contributed by atoms with Gasteiger partial charge in [-0.1, -0.05) is 6.08 Å². The lowest BCUT2D eigenvalue weighted by atomic mass is 10.2. The molecule has 0 aliphatic rings. The summed E-state index contributed by atoms with van der Waals surface area (Å²) in [6, 6.07) is 2.88. The van der Waals surface area contributed by atoms with Gasteiger partial charge in [0.1, 0.15) is 11.6 Å². The molecule has 0 aliphatic carbocycles. The van der Waals surface area contributed by atoms with E-state index in [4.69, 9.17) is 0 Å². The van der Waals surface area contributed by atoms with Crippen LogP contribution in [-0.4, -0.2) is 22.4 Å². The van der Waals surface area contributed by atoms with E-state index >= 15 is 0 Å². The van der Waals surface area contributed by atoms with Crippen LogP contribution in [0.15, 0.2) is 43.2 Å². The summed E-state index contributed by atoms with van der Waals surface area (Å²) >= 11 is 0. The van der Waals surface area contributed by atoms with Gasteiger partial charge in [0, 0.05) is 25.0 Å². The number of amides is 1. The molecule has 108 valence electrons. The Bertz CT molecular complexity index is 659. The number of carbonyl (C=O) groups excluding carboxylic acids is 1. The van der Waals surface area contributed by atoms with Crippen LogP contribution in [0.2, 0.25) is 0 Å². The Morgan fingerprint density at radius 2 is 2.00 bits per heavy atom. The molecule has 1 heterocycles. The van der Waals surface area contributed by atoms with Crippen molar-refractivity contribution < 1.29 is 13.6 Å². The molecule has 0 unspecified atom stereocenters. The summed E-state index contributed by atoms with van der Waals surface area (Å²) in [4.78, 5) is 19.8. The van der Waals surface area contributed by atoms with Crippen LogP contribution < -0.4 is 10.6 Å². The zero-order valence-electron chi connectivity index (χ0n) is 10.9. The van der Waals surface area contributed by atoms with Crippen LogP contribution in [0, 0.1) is 11.6 Å². The monoisotopic (exact) mass is 290 g/mol. The normalized spacial score (nSPS) is 10.0. The van der Waals surface area contributed by atoms with Crippen molar-refractivity contribution in [2.24, 2.45) is 0 Å². The molecule has 0 spiro atoms. The minimum atomic E-state index is -0.853. The first kappa shape index (κ1) is 14.6. The van der Waals surface area contributed by atoms with E-state index in [-0.39, 0.29) is 11.3 Å². The van der Waals surface area contributed by atoms with Gasteiger partial charge in [-0.25, -0.2) is 18.7 Å². The molecular formula is C14H12F2N4O. The Labute approximate surface area is 119 Å². The maximum atomic E-state index is 13.4. The topological polar surface area (TPSA) is 66.9 Å². The summed E-state index contributed by atoms with van der Waals surface area (Å²) in [5, 5.41) is 5.17. The van der Waals surface area contributed by atoms with Crippen molar-refractivity contribution in [3.63, 3.8) is 0 Å².